The molecule has 0 saturated heterocycles. The first kappa shape index (κ1) is 4.68. The normalized spacial score (nSPS) is 10.0. The van der Waals surface area contributed by atoms with Gasteiger partial charge in [0.25, 0.3) is 0 Å². The van der Waals surface area contributed by atoms with Gasteiger partial charge in [0.2, 0.25) is 0 Å². The molecule has 1 atom stereocenters. The van der Waals surface area contributed by atoms with Crippen LogP contribution in [0.5, 0.6) is 0 Å². The lowest BCUT2D eigenvalue weighted by molar-refractivity contribution is 0.569. The van der Waals surface area contributed by atoms with Crippen LogP contribution in [0.15, 0.2) is 0 Å². The van der Waals surface area contributed by atoms with Crippen molar-refractivity contribution in [2.75, 3.05) is 6.66 Å². The topological polar surface area (TPSA) is 40.9 Å². The van der Waals surface area contributed by atoms with Gasteiger partial charge in [0.1, 0.15) is 7.56 Å². The minimum absolute atomic E-state index is 0.537. The Morgan fingerprint density at radius 3 is 2.20 bits per heavy atom. The summed E-state index contributed by atoms with van der Waals surface area (Å²) < 4.78 is 0. The summed E-state index contributed by atoms with van der Waals surface area (Å²) in [6.07, 6.45) is 0. The molecule has 3 heteroatoms. The van der Waals surface area contributed by atoms with E-state index in [4.69, 9.17) is 5.00 Å². The van der Waals surface area contributed by atoms with Crippen molar-refractivity contribution in [3.8, 4) is 0 Å². The lowest BCUT2D eigenvalue weighted by Crippen LogP contribution is -1.44. The Balaban J connectivity index is 3.36. The predicted molar refractivity (Wildman–Crippen MR) is 21.3 cm³/mol. The van der Waals surface area contributed by atoms with E-state index in [2.05, 4.69) is 0 Å². The maximum Gasteiger partial charge on any atom is 0.193 e. The van der Waals surface area contributed by atoms with Gasteiger partial charge in [-0.1, -0.05) is 0 Å². The summed E-state index contributed by atoms with van der Waals surface area (Å²) in [6, 6.07) is 0.537. The molecule has 5 heavy (non-hydrogen) atoms. The number of rotatable bonds is 0. The van der Waals surface area contributed by atoms with Crippen LogP contribution in [-0.2, 0) is 4.79 Å². The molecule has 2 nitrogen and oxygen atoms in total. The van der Waals surface area contributed by atoms with Gasteiger partial charge in [0.05, 0.1) is 0 Å². The Kier molecular flexibility index (Phi) is 1.83. The van der Waals surface area contributed by atoms with E-state index < -0.39 is 7.56 Å². The highest BCUT2D eigenvalue weighted by Crippen LogP contribution is 1.98. The van der Waals surface area contributed by atoms with Gasteiger partial charge in [-0.2, -0.15) is 0 Å². The zero-order valence-electron chi connectivity index (χ0n) is 2.88. The summed E-state index contributed by atoms with van der Waals surface area (Å²) in [5, 5.41) is 8.06. The number of carbonyl (C=O) groups is 1. The van der Waals surface area contributed by atoms with E-state index in [0.717, 1.165) is 0 Å². The summed E-state index contributed by atoms with van der Waals surface area (Å²) in [4.78, 5) is 9.28. The number of nitrogens with zero attached hydrogens (tertiary/aromatic N) is 1. The summed E-state index contributed by atoms with van der Waals surface area (Å²) in [5.74, 6) is 0. The van der Waals surface area contributed by atoms with Gasteiger partial charge in [-0.3, -0.25) is 4.79 Å². The number of hydrogen-bond acceptors (Lipinski definition) is 2. The quantitative estimate of drug-likeness (QED) is 0.325. The molecule has 0 fully saturated rings. The molecular weight excluding hydrogens is 85.0 g/mol. The first-order chi connectivity index (χ1) is 2.27. The highest BCUT2D eigenvalue weighted by atomic mass is 31.1. The SMILES string of the molecule is CP(#N)C=O. The average Bonchev–Trinajstić information content (AvgIpc) is 1.38. The maximum atomic E-state index is 9.28. The molecule has 0 aromatic carbocycles. The highest BCUT2D eigenvalue weighted by molar-refractivity contribution is 7.58. The molecule has 0 amide bonds. The van der Waals surface area contributed by atoms with Crippen LogP contribution in [0, 0.1) is 5.00 Å². The van der Waals surface area contributed by atoms with Gasteiger partial charge >= 0.3 is 0 Å². The highest BCUT2D eigenvalue weighted by Gasteiger charge is 1.69. The van der Waals surface area contributed by atoms with E-state index in [1.165, 1.54) is 6.66 Å². The van der Waals surface area contributed by atoms with Crippen LogP contribution in [0.3, 0.4) is 0 Å². The third-order valence-corrected chi connectivity index (χ3v) is 0.458. The Morgan fingerprint density at radius 1 is 2.00 bits per heavy atom. The molecule has 0 aromatic heterocycles. The van der Waals surface area contributed by atoms with Crippen molar-refractivity contribution < 1.29 is 4.79 Å². The van der Waals surface area contributed by atoms with Gasteiger partial charge < -0.3 is 0 Å². The molecule has 0 aliphatic rings. The van der Waals surface area contributed by atoms with E-state index in [9.17, 15) is 4.79 Å². The Bertz CT molecular complexity index is 89.6. The molecule has 0 radical (unpaired) electrons. The molecule has 0 spiro atoms. The molecule has 0 aliphatic carbocycles. The van der Waals surface area contributed by atoms with Crippen molar-refractivity contribution in [3.63, 3.8) is 0 Å². The molecule has 0 bridgehead atoms. The first-order valence-electron chi connectivity index (χ1n) is 1.14. The fraction of sp³-hybridized carbons (Fsp3) is 0.500. The molecule has 0 heterocycles. The monoisotopic (exact) mass is 89.0 g/mol. The van der Waals surface area contributed by atoms with Crippen molar-refractivity contribution in [2.24, 2.45) is 0 Å². The van der Waals surface area contributed by atoms with Gasteiger partial charge in [-0.25, -0.2) is 5.00 Å². The van der Waals surface area contributed by atoms with Crippen LogP contribution in [0.25, 0.3) is 0 Å². The van der Waals surface area contributed by atoms with Gasteiger partial charge in [0, 0.05) is 6.66 Å². The summed E-state index contributed by atoms with van der Waals surface area (Å²) in [6.45, 7) is 1.47. The van der Waals surface area contributed by atoms with Crippen LogP contribution >= 0.6 is 7.56 Å². The minimum atomic E-state index is -1.28. The molecule has 28 valence electrons. The molecule has 0 N–H and O–H groups in total. The van der Waals surface area contributed by atoms with Crippen molar-refractivity contribution >= 4 is 13.6 Å². The van der Waals surface area contributed by atoms with E-state index in [1.54, 1.807) is 0 Å². The maximum absolute atomic E-state index is 9.28. The van der Waals surface area contributed by atoms with Crippen molar-refractivity contribution in [2.45, 2.75) is 0 Å². The van der Waals surface area contributed by atoms with Crippen LogP contribution in [0.1, 0.15) is 0 Å². The van der Waals surface area contributed by atoms with E-state index in [1.807, 2.05) is 0 Å². The number of hydrogen-bond donors (Lipinski definition) is 0. The fourth-order valence-corrected chi connectivity index (χ4v) is 0. The van der Waals surface area contributed by atoms with E-state index in [-0.39, 0.29) is 0 Å². The lowest BCUT2D eigenvalue weighted by Gasteiger charge is -1.54. The lowest BCUT2D eigenvalue weighted by atomic mass is 11.8. The smallest absolute Gasteiger partial charge is 0.193 e. The van der Waals surface area contributed by atoms with Crippen LogP contribution in [0.4, 0.5) is 0 Å². The third kappa shape index (κ3) is 3.68. The number of carbonyl (C=O) groups excluding carboxylic acids is 1. The summed E-state index contributed by atoms with van der Waals surface area (Å²) >= 11 is 0. The van der Waals surface area contributed by atoms with E-state index >= 15 is 0 Å². The Labute approximate surface area is 31.1 Å². The standard InChI is InChI=1S/C2H4NOP/c1-5(3)2-4/h2H,1H3. The second kappa shape index (κ2) is 1.95. The third-order valence-electron chi connectivity index (χ3n) is 0.153. The Morgan fingerprint density at radius 2 is 2.20 bits per heavy atom. The van der Waals surface area contributed by atoms with Crippen LogP contribution in [-0.4, -0.2) is 12.7 Å². The van der Waals surface area contributed by atoms with Crippen molar-refractivity contribution in [1.29, 1.82) is 5.00 Å². The van der Waals surface area contributed by atoms with Crippen LogP contribution < -0.4 is 0 Å². The van der Waals surface area contributed by atoms with Crippen molar-refractivity contribution in [3.05, 3.63) is 0 Å². The van der Waals surface area contributed by atoms with E-state index in [0.29, 0.717) is 6.03 Å². The molecule has 0 rings (SSSR count). The molecular formula is C2H4NOP. The van der Waals surface area contributed by atoms with Gasteiger partial charge in [-0.15, -0.1) is 0 Å². The van der Waals surface area contributed by atoms with Gasteiger partial charge in [-0.05, 0) is 0 Å². The second-order valence-corrected chi connectivity index (χ2v) is 2.04. The fourth-order valence-electron chi connectivity index (χ4n) is 0. The van der Waals surface area contributed by atoms with Crippen LogP contribution in [0.2, 0.25) is 0 Å². The van der Waals surface area contributed by atoms with Crippen molar-refractivity contribution in [1.82, 2.24) is 0 Å². The first-order valence-corrected chi connectivity index (χ1v) is 2.95. The largest absolute Gasteiger partial charge is 0.291 e. The molecule has 0 saturated carbocycles. The zero-order chi connectivity index (χ0) is 4.28. The van der Waals surface area contributed by atoms with Gasteiger partial charge in [0.15, 0.2) is 6.03 Å². The Hall–Kier alpha value is -0.320. The second-order valence-electron chi connectivity index (χ2n) is 0.679. The molecule has 1 unspecified atom stereocenters. The zero-order valence-corrected chi connectivity index (χ0v) is 3.77. The average molecular weight is 89.0 g/mol. The molecule has 0 aliphatic heterocycles. The minimum Gasteiger partial charge on any atom is -0.291 e. The summed E-state index contributed by atoms with van der Waals surface area (Å²) in [7, 11) is -1.28. The predicted octanol–water partition coefficient (Wildman–Crippen LogP) is 0.768. The molecule has 0 aromatic rings. The summed E-state index contributed by atoms with van der Waals surface area (Å²) in [5.41, 5.74) is 0.